The highest BCUT2D eigenvalue weighted by Crippen LogP contribution is 2.02. The molecule has 0 amide bonds. The Labute approximate surface area is 92.6 Å². The van der Waals surface area contributed by atoms with Gasteiger partial charge in [-0.2, -0.15) is 0 Å². The summed E-state index contributed by atoms with van der Waals surface area (Å²) < 4.78 is 1.82. The Hall–Kier alpha value is -0.985. The Morgan fingerprint density at radius 1 is 1.40 bits per heavy atom. The lowest BCUT2D eigenvalue weighted by Gasteiger charge is -2.09. The Bertz CT molecular complexity index is 357. The van der Waals surface area contributed by atoms with Crippen molar-refractivity contribution in [1.29, 1.82) is 0 Å². The third-order valence-corrected chi connectivity index (χ3v) is 2.43. The molecule has 1 heterocycles. The van der Waals surface area contributed by atoms with Crippen molar-refractivity contribution in [2.45, 2.75) is 40.0 Å². The topological polar surface area (TPSA) is 22.0 Å². The first-order chi connectivity index (χ1) is 7.13. The van der Waals surface area contributed by atoms with Crippen LogP contribution in [-0.2, 0) is 12.9 Å². The van der Waals surface area contributed by atoms with Gasteiger partial charge in [-0.15, -0.1) is 0 Å². The van der Waals surface area contributed by atoms with Crippen LogP contribution in [0.5, 0.6) is 0 Å². The number of aryl methyl sites for hydroxylation is 1. The molecule has 0 N–H and O–H groups in total. The van der Waals surface area contributed by atoms with Crippen molar-refractivity contribution in [3.8, 4) is 0 Å². The zero-order valence-corrected chi connectivity index (χ0v) is 9.86. The van der Waals surface area contributed by atoms with E-state index in [-0.39, 0.29) is 5.56 Å². The minimum absolute atomic E-state index is 0.107. The molecule has 1 aromatic rings. The number of hydrogen-bond acceptors (Lipinski definition) is 1. The highest BCUT2D eigenvalue weighted by Gasteiger charge is 2.00. The summed E-state index contributed by atoms with van der Waals surface area (Å²) in [5.41, 5.74) is 1.32. The molecule has 1 rings (SSSR count). The van der Waals surface area contributed by atoms with Gasteiger partial charge in [0.1, 0.15) is 7.28 Å². The fourth-order valence-corrected chi connectivity index (χ4v) is 1.51. The van der Waals surface area contributed by atoms with E-state index in [0.29, 0.717) is 5.92 Å². The average Bonchev–Trinajstić information content (AvgIpc) is 2.19. The van der Waals surface area contributed by atoms with Gasteiger partial charge in [0, 0.05) is 18.8 Å². The number of pyridine rings is 1. The van der Waals surface area contributed by atoms with Crippen LogP contribution in [-0.4, -0.2) is 11.8 Å². The van der Waals surface area contributed by atoms with E-state index in [9.17, 15) is 4.79 Å². The molecule has 1 aromatic heterocycles. The largest absolute Gasteiger partial charge is 0.315 e. The molecular weight excluding hydrogens is 185 g/mol. The molecule has 81 valence electrons. The van der Waals surface area contributed by atoms with Gasteiger partial charge in [0.15, 0.2) is 0 Å². The Morgan fingerprint density at radius 3 is 2.73 bits per heavy atom. The van der Waals surface area contributed by atoms with Crippen LogP contribution in [0.3, 0.4) is 0 Å². The minimum atomic E-state index is 0.107. The lowest BCUT2D eigenvalue weighted by molar-refractivity contribution is 0.507. The minimum Gasteiger partial charge on any atom is -0.315 e. The molecule has 0 saturated carbocycles. The summed E-state index contributed by atoms with van der Waals surface area (Å²) >= 11 is 0. The monoisotopic (exact) mass is 204 g/mol. The van der Waals surface area contributed by atoms with Crippen molar-refractivity contribution >= 4 is 7.28 Å². The molecule has 0 aliphatic rings. The van der Waals surface area contributed by atoms with Crippen molar-refractivity contribution in [3.05, 3.63) is 34.2 Å². The molecule has 2 nitrogen and oxygen atoms in total. The Kier molecular flexibility index (Phi) is 4.66. The predicted octanol–water partition coefficient (Wildman–Crippen LogP) is 2.15. The van der Waals surface area contributed by atoms with Crippen molar-refractivity contribution in [3.63, 3.8) is 0 Å². The van der Waals surface area contributed by atoms with Crippen LogP contribution >= 0.6 is 0 Å². The van der Waals surface area contributed by atoms with Crippen molar-refractivity contribution in [1.82, 2.24) is 4.57 Å². The SMILES string of the molecule is C[B]Cc1ccc(=O)n(CCC(C)C)c1. The third kappa shape index (κ3) is 3.94. The summed E-state index contributed by atoms with van der Waals surface area (Å²) in [6.45, 7) is 7.21. The second kappa shape index (κ2) is 5.79. The smallest absolute Gasteiger partial charge is 0.250 e. The molecule has 0 aromatic carbocycles. The highest BCUT2D eigenvalue weighted by molar-refractivity contribution is 6.32. The van der Waals surface area contributed by atoms with Gasteiger partial charge in [-0.05, 0) is 17.9 Å². The van der Waals surface area contributed by atoms with Gasteiger partial charge in [-0.1, -0.05) is 33.1 Å². The fraction of sp³-hybridized carbons (Fsp3) is 0.583. The number of rotatable bonds is 5. The van der Waals surface area contributed by atoms with Gasteiger partial charge in [-0.3, -0.25) is 4.79 Å². The van der Waals surface area contributed by atoms with Crippen LogP contribution in [0, 0.1) is 5.92 Å². The van der Waals surface area contributed by atoms with Crippen molar-refractivity contribution in [2.24, 2.45) is 5.92 Å². The fourth-order valence-electron chi connectivity index (χ4n) is 1.51. The third-order valence-electron chi connectivity index (χ3n) is 2.43. The molecule has 0 saturated heterocycles. The molecule has 0 aliphatic heterocycles. The first-order valence-corrected chi connectivity index (χ1v) is 5.60. The first kappa shape index (κ1) is 12.1. The van der Waals surface area contributed by atoms with Gasteiger partial charge in [0.05, 0.1) is 0 Å². The van der Waals surface area contributed by atoms with Crippen molar-refractivity contribution in [2.75, 3.05) is 0 Å². The van der Waals surface area contributed by atoms with Crippen LogP contribution in [0.25, 0.3) is 0 Å². The molecule has 3 heteroatoms. The summed E-state index contributed by atoms with van der Waals surface area (Å²) in [7, 11) is 2.10. The van der Waals surface area contributed by atoms with Gasteiger partial charge in [0.25, 0.3) is 5.56 Å². The summed E-state index contributed by atoms with van der Waals surface area (Å²) in [4.78, 5) is 11.5. The summed E-state index contributed by atoms with van der Waals surface area (Å²) in [6, 6.07) is 3.58. The van der Waals surface area contributed by atoms with Crippen LogP contribution in [0.15, 0.2) is 23.1 Å². The second-order valence-corrected chi connectivity index (χ2v) is 4.36. The van der Waals surface area contributed by atoms with Crippen LogP contribution in [0.4, 0.5) is 0 Å². The van der Waals surface area contributed by atoms with Gasteiger partial charge < -0.3 is 4.57 Å². The molecule has 0 spiro atoms. The molecule has 15 heavy (non-hydrogen) atoms. The van der Waals surface area contributed by atoms with Gasteiger partial charge in [0.2, 0.25) is 0 Å². The van der Waals surface area contributed by atoms with E-state index < -0.39 is 0 Å². The van der Waals surface area contributed by atoms with E-state index in [2.05, 4.69) is 21.1 Å². The van der Waals surface area contributed by atoms with E-state index in [4.69, 9.17) is 0 Å². The number of aromatic nitrogens is 1. The summed E-state index contributed by atoms with van der Waals surface area (Å²) in [5, 5.41) is 0. The van der Waals surface area contributed by atoms with Gasteiger partial charge in [-0.25, -0.2) is 0 Å². The maximum Gasteiger partial charge on any atom is 0.250 e. The van der Waals surface area contributed by atoms with Crippen LogP contribution < -0.4 is 5.56 Å². The molecular formula is C12H19BNO. The lowest BCUT2D eigenvalue weighted by atomic mass is 9.75. The molecule has 0 fully saturated rings. The number of hydrogen-bond donors (Lipinski definition) is 0. The number of nitrogens with zero attached hydrogens (tertiary/aromatic N) is 1. The molecule has 1 radical (unpaired) electrons. The standard InChI is InChI=1S/C12H19BNO/c1-10(2)6-7-14-9-11(8-13-3)4-5-12(14)15/h4-5,9-10H,6-8H2,1-3H3. The van der Waals surface area contributed by atoms with E-state index in [1.807, 2.05) is 23.7 Å². The van der Waals surface area contributed by atoms with Crippen LogP contribution in [0.1, 0.15) is 25.8 Å². The van der Waals surface area contributed by atoms with Crippen molar-refractivity contribution < 1.29 is 0 Å². The van der Waals surface area contributed by atoms with E-state index in [1.54, 1.807) is 6.07 Å². The Balaban J connectivity index is 2.76. The highest BCUT2D eigenvalue weighted by atomic mass is 16.1. The van der Waals surface area contributed by atoms with E-state index in [0.717, 1.165) is 19.3 Å². The normalized spacial score (nSPS) is 10.7. The van der Waals surface area contributed by atoms with E-state index >= 15 is 0 Å². The summed E-state index contributed by atoms with van der Waals surface area (Å²) in [5.74, 6) is 0.637. The van der Waals surface area contributed by atoms with Gasteiger partial charge >= 0.3 is 0 Å². The average molecular weight is 204 g/mol. The van der Waals surface area contributed by atoms with E-state index in [1.165, 1.54) is 5.56 Å². The maximum absolute atomic E-state index is 11.5. The second-order valence-electron chi connectivity index (χ2n) is 4.36. The molecule has 0 unspecified atom stereocenters. The predicted molar refractivity (Wildman–Crippen MR) is 65.5 cm³/mol. The zero-order chi connectivity index (χ0) is 11.3. The lowest BCUT2D eigenvalue weighted by Crippen LogP contribution is -2.20. The van der Waals surface area contributed by atoms with Crippen LogP contribution in [0.2, 0.25) is 6.82 Å². The maximum atomic E-state index is 11.5. The zero-order valence-electron chi connectivity index (χ0n) is 9.86. The first-order valence-electron chi connectivity index (χ1n) is 5.60. The molecule has 0 atom stereocenters. The quantitative estimate of drug-likeness (QED) is 0.673. The summed E-state index contributed by atoms with van der Waals surface area (Å²) in [6.07, 6.45) is 3.96. The molecule has 0 aliphatic carbocycles. The molecule has 0 bridgehead atoms. The Morgan fingerprint density at radius 2 is 2.13 bits per heavy atom.